The van der Waals surface area contributed by atoms with E-state index in [1.54, 1.807) is 0 Å². The molecular weight excluding hydrogens is 763 g/mol. The highest BCUT2D eigenvalue weighted by Crippen LogP contribution is 2.49. The normalized spacial score (nSPS) is 11.1. The Morgan fingerprint density at radius 2 is 0.460 bits per heavy atom. The maximum Gasteiger partial charge on any atom is 0.0702 e. The van der Waals surface area contributed by atoms with Gasteiger partial charge in [0.15, 0.2) is 0 Å². The molecule has 0 bridgehead atoms. The molecule has 0 amide bonds. The molecule has 3 nitrogen and oxygen atoms in total. The monoisotopic (exact) mass is 807 g/mol. The van der Waals surface area contributed by atoms with Gasteiger partial charge in [0.1, 0.15) is 0 Å². The van der Waals surface area contributed by atoms with E-state index >= 15 is 0 Å². The molecule has 0 spiro atoms. The van der Waals surface area contributed by atoms with Crippen molar-refractivity contribution in [3.05, 3.63) is 235 Å². The number of aromatic nitrogens is 3. The van der Waals surface area contributed by atoms with Crippen LogP contribution >= 0.6 is 0 Å². The smallest absolute Gasteiger partial charge is 0.0702 e. The maximum absolute atomic E-state index is 4.98. The molecule has 10 aromatic rings. The van der Waals surface area contributed by atoms with Gasteiger partial charge in [0, 0.05) is 52.0 Å². The van der Waals surface area contributed by atoms with E-state index in [0.717, 1.165) is 67.2 Å². The van der Waals surface area contributed by atoms with Gasteiger partial charge < -0.3 is 0 Å². The molecule has 0 saturated heterocycles. The topological polar surface area (TPSA) is 38.7 Å². The molecule has 3 heterocycles. The Hall–Kier alpha value is -8.01. The van der Waals surface area contributed by atoms with Crippen molar-refractivity contribution in [2.45, 2.75) is 20.8 Å². The number of hydrogen-bond donors (Lipinski definition) is 0. The molecule has 7 aromatic carbocycles. The second-order valence-corrected chi connectivity index (χ2v) is 16.0. The van der Waals surface area contributed by atoms with Crippen LogP contribution in [0.1, 0.15) is 16.7 Å². The van der Waals surface area contributed by atoms with E-state index < -0.39 is 0 Å². The molecule has 0 unspecified atom stereocenters. The van der Waals surface area contributed by atoms with E-state index in [2.05, 4.69) is 203 Å². The van der Waals surface area contributed by atoms with E-state index in [4.69, 9.17) is 15.0 Å². The van der Waals surface area contributed by atoms with Crippen molar-refractivity contribution in [3.8, 4) is 101 Å². The molecule has 0 saturated carbocycles. The second-order valence-electron chi connectivity index (χ2n) is 16.0. The Kier molecular flexibility index (Phi) is 10.7. The minimum absolute atomic E-state index is 0.954. The number of hydrogen-bond acceptors (Lipinski definition) is 3. The first-order chi connectivity index (χ1) is 31.0. The summed E-state index contributed by atoms with van der Waals surface area (Å²) in [5.74, 6) is 0. The van der Waals surface area contributed by atoms with Crippen LogP contribution in [0.5, 0.6) is 0 Å². The van der Waals surface area contributed by atoms with E-state index in [-0.39, 0.29) is 0 Å². The number of nitrogens with zero attached hydrogens (tertiary/aromatic N) is 3. The van der Waals surface area contributed by atoms with Crippen molar-refractivity contribution in [1.29, 1.82) is 0 Å². The van der Waals surface area contributed by atoms with Crippen LogP contribution in [0.3, 0.4) is 0 Å². The van der Waals surface area contributed by atoms with Crippen LogP contribution in [0.2, 0.25) is 0 Å². The van der Waals surface area contributed by atoms with Gasteiger partial charge >= 0.3 is 0 Å². The highest BCUT2D eigenvalue weighted by atomic mass is 14.7. The van der Waals surface area contributed by atoms with Crippen molar-refractivity contribution in [3.63, 3.8) is 0 Å². The molecule has 0 N–H and O–H groups in total. The quantitative estimate of drug-likeness (QED) is 0.146. The molecule has 0 radical (unpaired) electrons. The lowest BCUT2D eigenvalue weighted by atomic mass is 9.77. The molecule has 0 aliphatic rings. The van der Waals surface area contributed by atoms with Crippen molar-refractivity contribution >= 4 is 0 Å². The van der Waals surface area contributed by atoms with Crippen LogP contribution < -0.4 is 0 Å². The molecule has 3 aromatic heterocycles. The number of pyridine rings is 3. The Balaban J connectivity index is 1.18. The summed E-state index contributed by atoms with van der Waals surface area (Å²) < 4.78 is 0. The first-order valence-corrected chi connectivity index (χ1v) is 21.5. The zero-order valence-corrected chi connectivity index (χ0v) is 35.6. The lowest BCUT2D eigenvalue weighted by Crippen LogP contribution is -2.03. The maximum atomic E-state index is 4.98. The van der Waals surface area contributed by atoms with Gasteiger partial charge in [-0.15, -0.1) is 0 Å². The number of rotatable bonds is 9. The van der Waals surface area contributed by atoms with E-state index in [0.29, 0.717) is 0 Å². The summed E-state index contributed by atoms with van der Waals surface area (Å²) in [5.41, 5.74) is 23.6. The van der Waals surface area contributed by atoms with Gasteiger partial charge in [0.25, 0.3) is 0 Å². The molecule has 3 heteroatoms. The average molecular weight is 808 g/mol. The second kappa shape index (κ2) is 17.2. The molecule has 0 aliphatic carbocycles. The minimum atomic E-state index is 0.954. The summed E-state index contributed by atoms with van der Waals surface area (Å²) >= 11 is 0. The largest absolute Gasteiger partial charge is 0.256 e. The van der Waals surface area contributed by atoms with Crippen LogP contribution in [0.25, 0.3) is 101 Å². The molecule has 300 valence electrons. The fraction of sp³-hybridized carbons (Fsp3) is 0.0500. The summed E-state index contributed by atoms with van der Waals surface area (Å²) in [5, 5.41) is 0. The molecule has 0 atom stereocenters. The summed E-state index contributed by atoms with van der Waals surface area (Å²) in [6.07, 6.45) is 6.06. The SMILES string of the molecule is Cc1c(-c2ccccc2-c2ccc(-c3ccccc3)nc2)c(C)c(-c2ccccc2-c2ccc(-c3ccccc3)nc2)c(C)c1-c1ccccc1-c1ccc(-c2ccccc2)nc1. The summed E-state index contributed by atoms with van der Waals surface area (Å²) in [7, 11) is 0. The van der Waals surface area contributed by atoms with Crippen molar-refractivity contribution in [2.75, 3.05) is 0 Å². The van der Waals surface area contributed by atoms with Gasteiger partial charge in [-0.3, -0.25) is 15.0 Å². The van der Waals surface area contributed by atoms with Crippen LogP contribution in [0.4, 0.5) is 0 Å². The third kappa shape index (κ3) is 7.55. The lowest BCUT2D eigenvalue weighted by molar-refractivity contribution is 1.30. The fourth-order valence-electron chi connectivity index (χ4n) is 9.29. The molecule has 63 heavy (non-hydrogen) atoms. The van der Waals surface area contributed by atoms with Crippen LogP contribution in [-0.4, -0.2) is 15.0 Å². The van der Waals surface area contributed by atoms with Crippen molar-refractivity contribution in [2.24, 2.45) is 0 Å². The summed E-state index contributed by atoms with van der Waals surface area (Å²) in [6, 6.07) is 70.5. The highest BCUT2D eigenvalue weighted by molar-refractivity contribution is 6.00. The number of benzene rings is 7. The molecule has 0 fully saturated rings. The molecule has 0 aliphatic heterocycles. The third-order valence-electron chi connectivity index (χ3n) is 12.3. The molecule has 10 rings (SSSR count). The van der Waals surface area contributed by atoms with E-state index in [1.165, 1.54) is 50.1 Å². The van der Waals surface area contributed by atoms with Crippen LogP contribution in [0.15, 0.2) is 219 Å². The summed E-state index contributed by atoms with van der Waals surface area (Å²) in [4.78, 5) is 14.9. The first-order valence-electron chi connectivity index (χ1n) is 21.5. The van der Waals surface area contributed by atoms with Crippen LogP contribution in [0, 0.1) is 20.8 Å². The molecular formula is C60H45N3. The van der Waals surface area contributed by atoms with Crippen LogP contribution in [-0.2, 0) is 0 Å². The predicted octanol–water partition coefficient (Wildman–Crippen LogP) is 15.8. The van der Waals surface area contributed by atoms with Gasteiger partial charge in [-0.25, -0.2) is 0 Å². The van der Waals surface area contributed by atoms with Gasteiger partial charge in [-0.05, 0) is 106 Å². The van der Waals surface area contributed by atoms with Crippen molar-refractivity contribution < 1.29 is 0 Å². The fourth-order valence-corrected chi connectivity index (χ4v) is 9.29. The lowest BCUT2D eigenvalue weighted by Gasteiger charge is -2.26. The Bertz CT molecular complexity index is 2820. The van der Waals surface area contributed by atoms with Crippen molar-refractivity contribution in [1.82, 2.24) is 15.0 Å². The minimum Gasteiger partial charge on any atom is -0.256 e. The van der Waals surface area contributed by atoms with Gasteiger partial charge in [-0.2, -0.15) is 0 Å². The Morgan fingerprint density at radius 1 is 0.222 bits per heavy atom. The Morgan fingerprint density at radius 3 is 0.698 bits per heavy atom. The highest BCUT2D eigenvalue weighted by Gasteiger charge is 2.25. The standard InChI is InChI=1S/C60H45N3/c1-40-58(52-28-16-13-25-49(52)46-31-34-55(61-37-46)43-19-7-4-8-20-43)41(2)60(54-30-18-15-27-51(54)48-33-36-57(63-39-48)45-23-11-6-12-24-45)42(3)59(40)53-29-17-14-26-50(53)47-32-35-56(62-38-47)44-21-9-5-10-22-44/h4-39H,1-3H3. The predicted molar refractivity (Wildman–Crippen MR) is 263 cm³/mol. The van der Waals surface area contributed by atoms with E-state index in [1.807, 2.05) is 36.8 Å². The van der Waals surface area contributed by atoms with Gasteiger partial charge in [-0.1, -0.05) is 182 Å². The third-order valence-corrected chi connectivity index (χ3v) is 12.3. The van der Waals surface area contributed by atoms with E-state index in [9.17, 15) is 0 Å². The summed E-state index contributed by atoms with van der Waals surface area (Å²) in [6.45, 7) is 6.90. The zero-order valence-electron chi connectivity index (χ0n) is 35.6. The van der Waals surface area contributed by atoms with Gasteiger partial charge in [0.2, 0.25) is 0 Å². The van der Waals surface area contributed by atoms with Gasteiger partial charge in [0.05, 0.1) is 17.1 Å². The average Bonchev–Trinajstić information content (AvgIpc) is 3.35. The zero-order chi connectivity index (χ0) is 42.7. The Labute approximate surface area is 370 Å². The first kappa shape index (κ1) is 39.1.